The first-order valence-electron chi connectivity index (χ1n) is 6.42. The van der Waals surface area contributed by atoms with Gasteiger partial charge in [0.2, 0.25) is 5.88 Å². The lowest BCUT2D eigenvalue weighted by atomic mass is 10.2. The molecule has 0 spiro atoms. The van der Waals surface area contributed by atoms with Gasteiger partial charge in [-0.05, 0) is 51.1 Å². The van der Waals surface area contributed by atoms with Gasteiger partial charge in [-0.15, -0.1) is 0 Å². The number of nitrogens with zero attached hydrogens (tertiary/aromatic N) is 1. The Kier molecular flexibility index (Phi) is 4.49. The zero-order chi connectivity index (χ0) is 15.6. The number of pyridine rings is 1. The quantitative estimate of drug-likeness (QED) is 0.843. The molecule has 0 bridgehead atoms. The zero-order valence-corrected chi connectivity index (χ0v) is 13.6. The predicted molar refractivity (Wildman–Crippen MR) is 88.8 cm³/mol. The van der Waals surface area contributed by atoms with Gasteiger partial charge in [-0.25, -0.2) is 0 Å². The minimum Gasteiger partial charge on any atom is -0.470 e. The van der Waals surface area contributed by atoms with Gasteiger partial charge in [-0.3, -0.25) is 0 Å². The van der Waals surface area contributed by atoms with E-state index < -0.39 is 0 Å². The summed E-state index contributed by atoms with van der Waals surface area (Å²) in [6.45, 7) is 5.81. The Bertz CT molecular complexity index is 654. The van der Waals surface area contributed by atoms with E-state index in [2.05, 4.69) is 10.3 Å². The van der Waals surface area contributed by atoms with Crippen LogP contribution in [-0.4, -0.2) is 10.6 Å². The van der Waals surface area contributed by atoms with E-state index in [0.717, 1.165) is 5.69 Å². The highest BCUT2D eigenvalue weighted by molar-refractivity contribution is 6.42. The molecule has 2 aromatic rings. The Balaban J connectivity index is 2.24. The molecule has 0 saturated heterocycles. The number of hydrogen-bond donors (Lipinski definition) is 2. The van der Waals surface area contributed by atoms with Crippen molar-refractivity contribution >= 4 is 40.4 Å². The normalized spacial score (nSPS) is 11.3. The van der Waals surface area contributed by atoms with Crippen LogP contribution in [0, 0.1) is 0 Å². The van der Waals surface area contributed by atoms with Gasteiger partial charge < -0.3 is 15.8 Å². The van der Waals surface area contributed by atoms with Crippen molar-refractivity contribution in [1.29, 1.82) is 0 Å². The molecular formula is C15H17Cl2N3O. The van der Waals surface area contributed by atoms with E-state index in [9.17, 15) is 0 Å². The fraction of sp³-hybridized carbons (Fsp3) is 0.267. The third-order valence-electron chi connectivity index (χ3n) is 2.48. The molecule has 0 fully saturated rings. The van der Waals surface area contributed by atoms with E-state index in [-0.39, 0.29) is 5.60 Å². The van der Waals surface area contributed by atoms with Gasteiger partial charge in [0.15, 0.2) is 0 Å². The minimum atomic E-state index is -0.372. The van der Waals surface area contributed by atoms with Crippen LogP contribution in [0.2, 0.25) is 10.0 Å². The van der Waals surface area contributed by atoms with Crippen LogP contribution in [0.15, 0.2) is 30.3 Å². The summed E-state index contributed by atoms with van der Waals surface area (Å²) in [5.41, 5.74) is 6.78. The largest absolute Gasteiger partial charge is 0.470 e. The van der Waals surface area contributed by atoms with Crippen molar-refractivity contribution in [3.05, 3.63) is 40.4 Å². The molecule has 0 unspecified atom stereocenters. The topological polar surface area (TPSA) is 60.2 Å². The third kappa shape index (κ3) is 4.41. The first kappa shape index (κ1) is 15.7. The number of nitrogens with one attached hydrogen (secondary N) is 1. The minimum absolute atomic E-state index is 0.372. The van der Waals surface area contributed by atoms with Crippen LogP contribution in [0.25, 0.3) is 0 Å². The van der Waals surface area contributed by atoms with E-state index in [1.165, 1.54) is 0 Å². The molecule has 112 valence electrons. The molecule has 1 aromatic carbocycles. The molecular weight excluding hydrogens is 309 g/mol. The number of nitrogens with two attached hydrogens (primary N) is 1. The molecule has 0 saturated carbocycles. The molecule has 3 N–H and O–H groups in total. The van der Waals surface area contributed by atoms with Crippen molar-refractivity contribution in [3.8, 4) is 5.88 Å². The van der Waals surface area contributed by atoms with E-state index >= 15 is 0 Å². The summed E-state index contributed by atoms with van der Waals surface area (Å²) in [6.07, 6.45) is 0. The standard InChI is InChI=1S/C15H17Cl2N3O/c1-15(2,3)21-14-12(18)6-7-13(20-14)19-9-4-5-10(16)11(17)8-9/h4-8H,18H2,1-3H3,(H,19,20). The second kappa shape index (κ2) is 6.00. The molecule has 0 aliphatic carbocycles. The first-order chi connectivity index (χ1) is 9.74. The van der Waals surface area contributed by atoms with Crippen LogP contribution in [0.1, 0.15) is 20.8 Å². The third-order valence-corrected chi connectivity index (χ3v) is 3.22. The highest BCUT2D eigenvalue weighted by atomic mass is 35.5. The fourth-order valence-electron chi connectivity index (χ4n) is 1.61. The number of rotatable bonds is 3. The van der Waals surface area contributed by atoms with Crippen LogP contribution in [0.3, 0.4) is 0 Å². The maximum Gasteiger partial charge on any atom is 0.239 e. The van der Waals surface area contributed by atoms with Crippen LogP contribution in [0.5, 0.6) is 5.88 Å². The summed E-state index contributed by atoms with van der Waals surface area (Å²) in [5.74, 6) is 1.01. The maximum absolute atomic E-state index is 5.99. The van der Waals surface area contributed by atoms with Gasteiger partial charge in [0.05, 0.1) is 15.7 Å². The predicted octanol–water partition coefficient (Wildman–Crippen LogP) is 4.89. The fourth-order valence-corrected chi connectivity index (χ4v) is 1.91. The lowest BCUT2D eigenvalue weighted by molar-refractivity contribution is 0.125. The highest BCUT2D eigenvalue weighted by Crippen LogP contribution is 2.29. The average molecular weight is 326 g/mol. The van der Waals surface area contributed by atoms with Gasteiger partial charge in [-0.1, -0.05) is 23.2 Å². The van der Waals surface area contributed by atoms with Gasteiger partial charge in [-0.2, -0.15) is 4.98 Å². The summed E-state index contributed by atoms with van der Waals surface area (Å²) >= 11 is 11.9. The molecule has 4 nitrogen and oxygen atoms in total. The second-order valence-electron chi connectivity index (χ2n) is 5.56. The SMILES string of the molecule is CC(C)(C)Oc1nc(Nc2ccc(Cl)c(Cl)c2)ccc1N. The molecule has 0 aliphatic heterocycles. The Morgan fingerprint density at radius 1 is 1.10 bits per heavy atom. The van der Waals surface area contributed by atoms with Crippen molar-refractivity contribution in [1.82, 2.24) is 4.98 Å². The van der Waals surface area contributed by atoms with Crippen LogP contribution in [0.4, 0.5) is 17.2 Å². The molecule has 0 radical (unpaired) electrons. The van der Waals surface area contributed by atoms with Crippen molar-refractivity contribution in [2.75, 3.05) is 11.1 Å². The number of ether oxygens (including phenoxy) is 1. The maximum atomic E-state index is 5.99. The van der Waals surface area contributed by atoms with Crippen LogP contribution >= 0.6 is 23.2 Å². The van der Waals surface area contributed by atoms with E-state index in [0.29, 0.717) is 27.4 Å². The van der Waals surface area contributed by atoms with Gasteiger partial charge in [0.25, 0.3) is 0 Å². The van der Waals surface area contributed by atoms with Crippen molar-refractivity contribution in [2.24, 2.45) is 0 Å². The molecule has 0 atom stereocenters. The summed E-state index contributed by atoms with van der Waals surface area (Å²) in [4.78, 5) is 4.37. The van der Waals surface area contributed by atoms with Crippen molar-refractivity contribution in [2.45, 2.75) is 26.4 Å². The van der Waals surface area contributed by atoms with Crippen LogP contribution < -0.4 is 15.8 Å². The lowest BCUT2D eigenvalue weighted by Gasteiger charge is -2.21. The van der Waals surface area contributed by atoms with Crippen LogP contribution in [-0.2, 0) is 0 Å². The van der Waals surface area contributed by atoms with Crippen molar-refractivity contribution in [3.63, 3.8) is 0 Å². The number of benzene rings is 1. The summed E-state index contributed by atoms with van der Waals surface area (Å²) < 4.78 is 5.73. The molecule has 21 heavy (non-hydrogen) atoms. The number of nitrogen functional groups attached to an aromatic ring is 1. The average Bonchev–Trinajstić information content (AvgIpc) is 2.36. The molecule has 0 amide bonds. The van der Waals surface area contributed by atoms with Gasteiger partial charge in [0, 0.05) is 5.69 Å². The molecule has 2 rings (SSSR count). The number of hydrogen-bond acceptors (Lipinski definition) is 4. The van der Waals surface area contributed by atoms with E-state index in [1.54, 1.807) is 24.3 Å². The van der Waals surface area contributed by atoms with Crippen molar-refractivity contribution < 1.29 is 4.74 Å². The van der Waals surface area contributed by atoms with Gasteiger partial charge in [0.1, 0.15) is 11.4 Å². The molecule has 1 aromatic heterocycles. The van der Waals surface area contributed by atoms with E-state index in [4.69, 9.17) is 33.7 Å². The summed E-state index contributed by atoms with van der Waals surface area (Å²) in [7, 11) is 0. The smallest absolute Gasteiger partial charge is 0.239 e. The zero-order valence-electron chi connectivity index (χ0n) is 12.1. The Morgan fingerprint density at radius 2 is 1.81 bits per heavy atom. The second-order valence-corrected chi connectivity index (χ2v) is 6.37. The Labute approximate surface area is 134 Å². The molecule has 1 heterocycles. The Morgan fingerprint density at radius 3 is 2.43 bits per heavy atom. The first-order valence-corrected chi connectivity index (χ1v) is 7.18. The number of aromatic nitrogens is 1. The lowest BCUT2D eigenvalue weighted by Crippen LogP contribution is -2.24. The number of halogens is 2. The van der Waals surface area contributed by atoms with E-state index in [1.807, 2.05) is 26.8 Å². The molecule has 6 heteroatoms. The van der Waals surface area contributed by atoms with Gasteiger partial charge >= 0.3 is 0 Å². The summed E-state index contributed by atoms with van der Waals surface area (Å²) in [6, 6.07) is 8.78. The molecule has 0 aliphatic rings. The monoisotopic (exact) mass is 325 g/mol. The summed E-state index contributed by atoms with van der Waals surface area (Å²) in [5, 5.41) is 4.11. The highest BCUT2D eigenvalue weighted by Gasteiger charge is 2.15. The Hall–Kier alpha value is -1.65. The number of anilines is 3.